The predicted molar refractivity (Wildman–Crippen MR) is 111 cm³/mol. The maximum Gasteiger partial charge on any atom is 0.233 e. The summed E-state index contributed by atoms with van der Waals surface area (Å²) in [6, 6.07) is 12.0. The molecule has 1 amide bonds. The van der Waals surface area contributed by atoms with Gasteiger partial charge in [0.05, 0.1) is 17.7 Å². The second kappa shape index (κ2) is 8.24. The van der Waals surface area contributed by atoms with E-state index in [2.05, 4.69) is 10.2 Å². The zero-order chi connectivity index (χ0) is 19.5. The molecular formula is C19H21N5O2S2. The molecule has 0 atom stereocenters. The van der Waals surface area contributed by atoms with Crippen molar-refractivity contribution in [1.29, 1.82) is 0 Å². The number of hydrogen-bond acceptors (Lipinski definition) is 7. The van der Waals surface area contributed by atoms with Gasteiger partial charge >= 0.3 is 0 Å². The molecule has 1 saturated carbocycles. The van der Waals surface area contributed by atoms with Gasteiger partial charge in [-0.05, 0) is 42.0 Å². The SMILES string of the molecule is COc1ccc(CN(C(=O)CSc2nnc(-c3cccs3)n2N)C2CC2)cc1. The number of amides is 1. The third-order valence-corrected chi connectivity index (χ3v) is 6.34. The Labute approximate surface area is 171 Å². The molecule has 1 fully saturated rings. The number of rotatable bonds is 8. The molecule has 0 saturated heterocycles. The van der Waals surface area contributed by atoms with Crippen LogP contribution in [0.25, 0.3) is 10.7 Å². The van der Waals surface area contributed by atoms with Crippen LogP contribution in [0.2, 0.25) is 0 Å². The molecule has 1 aliphatic carbocycles. The summed E-state index contributed by atoms with van der Waals surface area (Å²) in [5, 5.41) is 10.8. The van der Waals surface area contributed by atoms with Crippen LogP contribution in [0.15, 0.2) is 46.9 Å². The first-order valence-corrected chi connectivity index (χ1v) is 10.8. The van der Waals surface area contributed by atoms with E-state index in [9.17, 15) is 4.79 Å². The largest absolute Gasteiger partial charge is 0.497 e. The van der Waals surface area contributed by atoms with Gasteiger partial charge in [-0.25, -0.2) is 4.68 Å². The second-order valence-electron chi connectivity index (χ2n) is 6.54. The van der Waals surface area contributed by atoms with E-state index in [1.54, 1.807) is 18.4 Å². The molecule has 28 heavy (non-hydrogen) atoms. The number of ether oxygens (including phenoxy) is 1. The summed E-state index contributed by atoms with van der Waals surface area (Å²) in [4.78, 5) is 15.8. The van der Waals surface area contributed by atoms with Gasteiger partial charge in [0, 0.05) is 12.6 Å². The van der Waals surface area contributed by atoms with E-state index >= 15 is 0 Å². The highest BCUT2D eigenvalue weighted by Gasteiger charge is 2.32. The van der Waals surface area contributed by atoms with Gasteiger partial charge in [0.1, 0.15) is 5.75 Å². The highest BCUT2D eigenvalue weighted by molar-refractivity contribution is 7.99. The Morgan fingerprint density at radius 1 is 1.32 bits per heavy atom. The van der Waals surface area contributed by atoms with Crippen LogP contribution >= 0.6 is 23.1 Å². The molecule has 9 heteroatoms. The van der Waals surface area contributed by atoms with Gasteiger partial charge in [-0.2, -0.15) is 0 Å². The lowest BCUT2D eigenvalue weighted by Crippen LogP contribution is -2.34. The van der Waals surface area contributed by atoms with Crippen molar-refractivity contribution in [3.8, 4) is 16.5 Å². The zero-order valence-corrected chi connectivity index (χ0v) is 17.1. The Balaban J connectivity index is 1.40. The van der Waals surface area contributed by atoms with Gasteiger partial charge < -0.3 is 15.5 Å². The Hall–Kier alpha value is -2.52. The van der Waals surface area contributed by atoms with Crippen LogP contribution in [-0.4, -0.2) is 44.6 Å². The van der Waals surface area contributed by atoms with Crippen LogP contribution < -0.4 is 10.6 Å². The number of aromatic nitrogens is 3. The Morgan fingerprint density at radius 3 is 2.75 bits per heavy atom. The molecule has 2 heterocycles. The normalized spacial score (nSPS) is 13.5. The van der Waals surface area contributed by atoms with Gasteiger partial charge in [0.15, 0.2) is 5.82 Å². The standard InChI is InChI=1S/C19H21N5O2S2/c1-26-15-8-4-13(5-9-15)11-23(14-6-7-14)17(25)12-28-19-22-21-18(24(19)20)16-3-2-10-27-16/h2-5,8-10,14H,6-7,11-12,20H2,1H3. The number of hydrogen-bond donors (Lipinski definition) is 1. The Morgan fingerprint density at radius 2 is 2.11 bits per heavy atom. The average molecular weight is 416 g/mol. The van der Waals surface area contributed by atoms with Gasteiger partial charge in [-0.3, -0.25) is 4.79 Å². The molecule has 1 aliphatic rings. The quantitative estimate of drug-likeness (QED) is 0.450. The number of nitrogens with two attached hydrogens (primary N) is 1. The monoisotopic (exact) mass is 415 g/mol. The Bertz CT molecular complexity index is 936. The molecule has 0 spiro atoms. The molecule has 2 aromatic heterocycles. The summed E-state index contributed by atoms with van der Waals surface area (Å²) in [5.41, 5.74) is 1.09. The van der Waals surface area contributed by atoms with Crippen LogP contribution in [0.1, 0.15) is 18.4 Å². The van der Waals surface area contributed by atoms with E-state index < -0.39 is 0 Å². The van der Waals surface area contributed by atoms with Crippen molar-refractivity contribution < 1.29 is 9.53 Å². The molecular weight excluding hydrogens is 394 g/mol. The first-order valence-electron chi connectivity index (χ1n) is 8.95. The van der Waals surface area contributed by atoms with Crippen molar-refractivity contribution in [3.05, 3.63) is 47.3 Å². The molecule has 4 rings (SSSR count). The van der Waals surface area contributed by atoms with Crippen molar-refractivity contribution in [2.75, 3.05) is 18.7 Å². The first-order chi connectivity index (χ1) is 13.7. The van der Waals surface area contributed by atoms with Crippen molar-refractivity contribution in [2.24, 2.45) is 0 Å². The molecule has 7 nitrogen and oxygen atoms in total. The molecule has 0 radical (unpaired) electrons. The number of carbonyl (C=O) groups is 1. The third-order valence-electron chi connectivity index (χ3n) is 4.55. The highest BCUT2D eigenvalue weighted by atomic mass is 32.2. The predicted octanol–water partition coefficient (Wildman–Crippen LogP) is 3.01. The topological polar surface area (TPSA) is 86.3 Å². The minimum atomic E-state index is 0.0870. The lowest BCUT2D eigenvalue weighted by molar-refractivity contribution is -0.129. The summed E-state index contributed by atoms with van der Waals surface area (Å²) >= 11 is 2.87. The number of thiophene rings is 1. The molecule has 0 bridgehead atoms. The number of carbonyl (C=O) groups excluding carboxylic acids is 1. The van der Waals surface area contributed by atoms with E-state index in [0.717, 1.165) is 29.0 Å². The molecule has 3 aromatic rings. The van der Waals surface area contributed by atoms with E-state index in [-0.39, 0.29) is 11.7 Å². The highest BCUT2D eigenvalue weighted by Crippen LogP contribution is 2.30. The van der Waals surface area contributed by atoms with E-state index in [1.165, 1.54) is 16.4 Å². The summed E-state index contributed by atoms with van der Waals surface area (Å²) in [5.74, 6) is 7.92. The maximum absolute atomic E-state index is 12.9. The van der Waals surface area contributed by atoms with E-state index in [4.69, 9.17) is 10.6 Å². The van der Waals surface area contributed by atoms with Crippen molar-refractivity contribution in [1.82, 2.24) is 19.8 Å². The van der Waals surface area contributed by atoms with Gasteiger partial charge in [-0.15, -0.1) is 21.5 Å². The molecule has 1 aromatic carbocycles. The van der Waals surface area contributed by atoms with E-state index in [1.807, 2.05) is 46.7 Å². The first kappa shape index (κ1) is 18.8. The van der Waals surface area contributed by atoms with Gasteiger partial charge in [0.25, 0.3) is 0 Å². The maximum atomic E-state index is 12.9. The van der Waals surface area contributed by atoms with Crippen molar-refractivity contribution in [3.63, 3.8) is 0 Å². The number of methoxy groups -OCH3 is 1. The van der Waals surface area contributed by atoms with Gasteiger partial charge in [-0.1, -0.05) is 30.0 Å². The molecule has 0 aliphatic heterocycles. The number of nitrogens with zero attached hydrogens (tertiary/aromatic N) is 4. The number of thioether (sulfide) groups is 1. The molecule has 0 unspecified atom stereocenters. The molecule has 2 N–H and O–H groups in total. The Kier molecular flexibility index (Phi) is 5.54. The van der Waals surface area contributed by atoms with Crippen molar-refractivity contribution >= 4 is 29.0 Å². The second-order valence-corrected chi connectivity index (χ2v) is 8.43. The van der Waals surface area contributed by atoms with Crippen LogP contribution in [0.5, 0.6) is 5.75 Å². The summed E-state index contributed by atoms with van der Waals surface area (Å²) in [7, 11) is 1.65. The van der Waals surface area contributed by atoms with Gasteiger partial charge in [0.2, 0.25) is 11.1 Å². The fourth-order valence-corrected chi connectivity index (χ4v) is 4.34. The van der Waals surface area contributed by atoms with Crippen LogP contribution in [0.4, 0.5) is 0 Å². The fourth-order valence-electron chi connectivity index (χ4n) is 2.89. The lowest BCUT2D eigenvalue weighted by Gasteiger charge is -2.22. The summed E-state index contributed by atoms with van der Waals surface area (Å²) in [6.45, 7) is 0.601. The fraction of sp³-hybridized carbons (Fsp3) is 0.316. The minimum Gasteiger partial charge on any atom is -0.497 e. The summed E-state index contributed by atoms with van der Waals surface area (Å²) < 4.78 is 6.65. The average Bonchev–Trinajstić information content (AvgIpc) is 3.28. The minimum absolute atomic E-state index is 0.0870. The van der Waals surface area contributed by atoms with Crippen molar-refractivity contribution in [2.45, 2.75) is 30.6 Å². The number of benzene rings is 1. The van der Waals surface area contributed by atoms with Crippen LogP contribution in [0, 0.1) is 0 Å². The van der Waals surface area contributed by atoms with Crippen LogP contribution in [-0.2, 0) is 11.3 Å². The lowest BCUT2D eigenvalue weighted by atomic mass is 10.2. The third kappa shape index (κ3) is 4.15. The smallest absolute Gasteiger partial charge is 0.233 e. The van der Waals surface area contributed by atoms with E-state index in [0.29, 0.717) is 23.6 Å². The number of nitrogen functional groups attached to an aromatic ring is 1. The van der Waals surface area contributed by atoms with Crippen LogP contribution in [0.3, 0.4) is 0 Å². The summed E-state index contributed by atoms with van der Waals surface area (Å²) in [6.07, 6.45) is 2.12. The molecule has 146 valence electrons. The zero-order valence-electron chi connectivity index (χ0n) is 15.4.